The Morgan fingerprint density at radius 2 is 2.11 bits per heavy atom. The number of hydrogen-bond acceptors (Lipinski definition) is 6. The topological polar surface area (TPSA) is 66.3 Å². The fraction of sp³-hybridized carbons (Fsp3) is 0.429. The van der Waals surface area contributed by atoms with Crippen LogP contribution in [0, 0.1) is 5.92 Å². The van der Waals surface area contributed by atoms with Gasteiger partial charge >= 0.3 is 0 Å². The summed E-state index contributed by atoms with van der Waals surface area (Å²) in [4.78, 5) is 20.6. The first-order valence-electron chi connectivity index (χ1n) is 9.92. The second-order valence-electron chi connectivity index (χ2n) is 7.86. The molecule has 144 valence electrons. The lowest BCUT2D eigenvalue weighted by Gasteiger charge is -2.29. The standard InChI is InChI=1S/C21H23ClN6/c1-13-2-5-19(23-9-13)16-8-20(24-11-17(16)22)28-7-6-18-14(12-28)10-25-21(27-18)26-15-3-4-15/h5,8-11,13,15H,2-4,6-7,12H2,1H3,(H,25,26,27). The predicted octanol–water partition coefficient (Wildman–Crippen LogP) is 4.11. The zero-order valence-corrected chi connectivity index (χ0v) is 16.7. The number of rotatable bonds is 4. The van der Waals surface area contributed by atoms with Crippen molar-refractivity contribution in [2.24, 2.45) is 10.9 Å². The van der Waals surface area contributed by atoms with Crippen LogP contribution in [0.4, 0.5) is 11.8 Å². The zero-order chi connectivity index (χ0) is 19.1. The normalized spacial score (nSPS) is 21.3. The van der Waals surface area contributed by atoms with Crippen LogP contribution in [-0.4, -0.2) is 33.8 Å². The fourth-order valence-corrected chi connectivity index (χ4v) is 3.79. The number of halogens is 1. The number of pyridine rings is 1. The molecule has 2 aliphatic heterocycles. The molecule has 1 N–H and O–H groups in total. The van der Waals surface area contributed by atoms with E-state index in [-0.39, 0.29) is 0 Å². The van der Waals surface area contributed by atoms with Gasteiger partial charge in [0.05, 0.1) is 16.4 Å². The minimum atomic E-state index is 0.474. The predicted molar refractivity (Wildman–Crippen MR) is 113 cm³/mol. The Labute approximate surface area is 169 Å². The molecule has 0 saturated heterocycles. The van der Waals surface area contributed by atoms with E-state index < -0.39 is 0 Å². The lowest BCUT2D eigenvalue weighted by molar-refractivity contribution is 0.697. The number of aromatic nitrogens is 3. The summed E-state index contributed by atoms with van der Waals surface area (Å²) in [7, 11) is 0. The van der Waals surface area contributed by atoms with Crippen LogP contribution in [0.5, 0.6) is 0 Å². The molecule has 1 atom stereocenters. The van der Waals surface area contributed by atoms with Crippen molar-refractivity contribution >= 4 is 35.3 Å². The van der Waals surface area contributed by atoms with Crippen molar-refractivity contribution in [3.63, 3.8) is 0 Å². The first-order chi connectivity index (χ1) is 13.7. The lowest BCUT2D eigenvalue weighted by Crippen LogP contribution is -2.32. The maximum absolute atomic E-state index is 6.43. The van der Waals surface area contributed by atoms with Crippen molar-refractivity contribution in [2.75, 3.05) is 16.8 Å². The molecule has 3 aliphatic rings. The molecule has 2 aromatic rings. The van der Waals surface area contributed by atoms with Gasteiger partial charge in [0.15, 0.2) is 0 Å². The van der Waals surface area contributed by atoms with E-state index in [0.29, 0.717) is 17.0 Å². The number of anilines is 2. The van der Waals surface area contributed by atoms with Crippen LogP contribution in [0.3, 0.4) is 0 Å². The molecule has 1 unspecified atom stereocenters. The van der Waals surface area contributed by atoms with Crippen molar-refractivity contribution < 1.29 is 0 Å². The van der Waals surface area contributed by atoms with Gasteiger partial charge in [0.2, 0.25) is 5.95 Å². The number of nitrogens with zero attached hydrogens (tertiary/aromatic N) is 5. The summed E-state index contributed by atoms with van der Waals surface area (Å²) in [5, 5.41) is 4.02. The van der Waals surface area contributed by atoms with E-state index in [2.05, 4.69) is 44.2 Å². The highest BCUT2D eigenvalue weighted by Crippen LogP contribution is 2.32. The molecule has 28 heavy (non-hydrogen) atoms. The molecule has 5 rings (SSSR count). The first kappa shape index (κ1) is 17.6. The highest BCUT2D eigenvalue weighted by atomic mass is 35.5. The van der Waals surface area contributed by atoms with Crippen molar-refractivity contribution in [3.8, 4) is 0 Å². The second kappa shape index (κ2) is 7.17. The number of hydrogen-bond donors (Lipinski definition) is 1. The number of fused-ring (bicyclic) bond motifs is 1. The third-order valence-electron chi connectivity index (χ3n) is 5.44. The molecule has 1 aliphatic carbocycles. The first-order valence-corrected chi connectivity index (χ1v) is 10.3. The smallest absolute Gasteiger partial charge is 0.223 e. The monoisotopic (exact) mass is 394 g/mol. The summed E-state index contributed by atoms with van der Waals surface area (Å²) in [6, 6.07) is 2.62. The van der Waals surface area contributed by atoms with E-state index >= 15 is 0 Å². The summed E-state index contributed by atoms with van der Waals surface area (Å²) in [5.74, 6) is 2.15. The SMILES string of the molecule is CC1C=NC(c2cc(N3CCc4nc(NC5CC5)ncc4C3)ncc2Cl)=CC1. The van der Waals surface area contributed by atoms with Gasteiger partial charge in [-0.15, -0.1) is 0 Å². The molecular formula is C21H23ClN6. The molecular weight excluding hydrogens is 372 g/mol. The molecule has 4 heterocycles. The summed E-state index contributed by atoms with van der Waals surface area (Å²) in [6.45, 7) is 3.79. The molecule has 2 aromatic heterocycles. The summed E-state index contributed by atoms with van der Waals surface area (Å²) in [5.41, 5.74) is 4.18. The van der Waals surface area contributed by atoms with Crippen LogP contribution < -0.4 is 10.2 Å². The van der Waals surface area contributed by atoms with E-state index in [1.165, 1.54) is 12.8 Å². The summed E-state index contributed by atoms with van der Waals surface area (Å²) < 4.78 is 0. The van der Waals surface area contributed by atoms with Crippen LogP contribution in [0.1, 0.15) is 43.0 Å². The van der Waals surface area contributed by atoms with Gasteiger partial charge in [-0.3, -0.25) is 4.99 Å². The van der Waals surface area contributed by atoms with E-state index in [0.717, 1.165) is 60.2 Å². The fourth-order valence-electron chi connectivity index (χ4n) is 3.59. The minimum absolute atomic E-state index is 0.474. The zero-order valence-electron chi connectivity index (χ0n) is 15.9. The van der Waals surface area contributed by atoms with Gasteiger partial charge in [-0.2, -0.15) is 0 Å². The molecule has 1 saturated carbocycles. The van der Waals surface area contributed by atoms with Gasteiger partial charge in [-0.1, -0.05) is 24.6 Å². The van der Waals surface area contributed by atoms with Gasteiger partial charge in [-0.25, -0.2) is 15.0 Å². The van der Waals surface area contributed by atoms with Crippen molar-refractivity contribution in [1.29, 1.82) is 0 Å². The van der Waals surface area contributed by atoms with Gasteiger partial charge in [0.25, 0.3) is 0 Å². The Morgan fingerprint density at radius 1 is 1.21 bits per heavy atom. The molecule has 0 amide bonds. The molecule has 0 aromatic carbocycles. The van der Waals surface area contributed by atoms with Crippen LogP contribution in [0.2, 0.25) is 5.02 Å². The van der Waals surface area contributed by atoms with Gasteiger partial charge in [0, 0.05) is 55.3 Å². The van der Waals surface area contributed by atoms with Crippen molar-refractivity contribution in [3.05, 3.63) is 46.4 Å². The number of allylic oxidation sites excluding steroid dienone is 1. The molecule has 0 radical (unpaired) electrons. The maximum atomic E-state index is 6.43. The third-order valence-corrected chi connectivity index (χ3v) is 5.74. The van der Waals surface area contributed by atoms with Crippen LogP contribution >= 0.6 is 11.6 Å². The Balaban J connectivity index is 1.37. The van der Waals surface area contributed by atoms with E-state index in [1.807, 2.05) is 12.4 Å². The molecule has 6 nitrogen and oxygen atoms in total. The van der Waals surface area contributed by atoms with Crippen molar-refractivity contribution in [2.45, 2.75) is 45.2 Å². The molecule has 0 bridgehead atoms. The highest BCUT2D eigenvalue weighted by Gasteiger charge is 2.24. The van der Waals surface area contributed by atoms with Crippen LogP contribution in [0.15, 0.2) is 29.5 Å². The molecule has 7 heteroatoms. The Hall–Kier alpha value is -2.47. The van der Waals surface area contributed by atoms with Crippen molar-refractivity contribution in [1.82, 2.24) is 15.0 Å². The Bertz CT molecular complexity index is 965. The average Bonchev–Trinajstić information content (AvgIpc) is 3.53. The van der Waals surface area contributed by atoms with Gasteiger partial charge in [0.1, 0.15) is 5.82 Å². The number of nitrogens with one attached hydrogen (secondary N) is 1. The van der Waals surface area contributed by atoms with Gasteiger partial charge in [-0.05, 0) is 31.2 Å². The van der Waals surface area contributed by atoms with Crippen LogP contribution in [0.25, 0.3) is 5.70 Å². The Morgan fingerprint density at radius 3 is 2.89 bits per heavy atom. The quantitative estimate of drug-likeness (QED) is 0.845. The highest BCUT2D eigenvalue weighted by molar-refractivity contribution is 6.32. The van der Waals surface area contributed by atoms with E-state index in [4.69, 9.17) is 16.6 Å². The van der Waals surface area contributed by atoms with Gasteiger partial charge < -0.3 is 10.2 Å². The molecule has 0 spiro atoms. The Kier molecular flexibility index (Phi) is 4.51. The maximum Gasteiger partial charge on any atom is 0.223 e. The van der Waals surface area contributed by atoms with E-state index in [1.54, 1.807) is 6.20 Å². The van der Waals surface area contributed by atoms with E-state index in [9.17, 15) is 0 Å². The lowest BCUT2D eigenvalue weighted by atomic mass is 10.0. The number of aliphatic imine (C=N–C) groups is 1. The minimum Gasteiger partial charge on any atom is -0.352 e. The average molecular weight is 395 g/mol. The summed E-state index contributed by atoms with van der Waals surface area (Å²) >= 11 is 6.43. The largest absolute Gasteiger partial charge is 0.352 e. The summed E-state index contributed by atoms with van der Waals surface area (Å²) in [6.07, 6.45) is 12.1. The molecule has 1 fully saturated rings. The second-order valence-corrected chi connectivity index (χ2v) is 8.27. The third kappa shape index (κ3) is 3.61. The van der Waals surface area contributed by atoms with Crippen LogP contribution in [-0.2, 0) is 13.0 Å².